The summed E-state index contributed by atoms with van der Waals surface area (Å²) in [4.78, 5) is 36.3. The lowest BCUT2D eigenvalue weighted by Gasteiger charge is -2.37. The van der Waals surface area contributed by atoms with Crippen LogP contribution in [0.15, 0.2) is 48.5 Å². The van der Waals surface area contributed by atoms with Gasteiger partial charge in [-0.05, 0) is 87.3 Å². The molecule has 2 amide bonds. The normalized spacial score (nSPS) is 14.4. The maximum Gasteiger partial charge on any atom is 0.263 e. The molecule has 0 atom stereocenters. The molecule has 10 heteroatoms. The van der Waals surface area contributed by atoms with E-state index in [2.05, 4.69) is 15.3 Å². The van der Waals surface area contributed by atoms with Crippen molar-refractivity contribution in [2.45, 2.75) is 32.1 Å². The lowest BCUT2D eigenvalue weighted by atomic mass is 9.76. The fourth-order valence-corrected chi connectivity index (χ4v) is 5.35. The van der Waals surface area contributed by atoms with Gasteiger partial charge in [-0.3, -0.25) is 14.5 Å². The van der Waals surface area contributed by atoms with Gasteiger partial charge in [-0.1, -0.05) is 23.7 Å². The van der Waals surface area contributed by atoms with Crippen molar-refractivity contribution in [1.29, 1.82) is 0 Å². The van der Waals surface area contributed by atoms with Crippen molar-refractivity contribution in [1.82, 2.24) is 20.2 Å². The number of benzene rings is 3. The molecule has 0 radical (unpaired) electrons. The van der Waals surface area contributed by atoms with E-state index in [0.29, 0.717) is 58.0 Å². The van der Waals surface area contributed by atoms with Crippen LogP contribution >= 0.6 is 11.6 Å². The number of H-pyrrole nitrogens is 1. The summed E-state index contributed by atoms with van der Waals surface area (Å²) >= 11 is 5.84. The highest BCUT2D eigenvalue weighted by atomic mass is 35.5. The van der Waals surface area contributed by atoms with Gasteiger partial charge in [0, 0.05) is 12.1 Å². The van der Waals surface area contributed by atoms with Gasteiger partial charge >= 0.3 is 0 Å². The number of imide groups is 1. The van der Waals surface area contributed by atoms with Gasteiger partial charge in [0.2, 0.25) is 5.91 Å². The second-order valence-electron chi connectivity index (χ2n) is 10.5. The number of carbonyl (C=O) groups is 2. The third kappa shape index (κ3) is 5.39. The molecular weight excluding hydrogens is 547 g/mol. The third-order valence-electron chi connectivity index (χ3n) is 7.53. The molecule has 1 aromatic heterocycles. The molecule has 4 aromatic rings. The molecule has 5 rings (SSSR count). The predicted molar refractivity (Wildman–Crippen MR) is 156 cm³/mol. The summed E-state index contributed by atoms with van der Waals surface area (Å²) in [5.74, 6) is 0.616. The maximum absolute atomic E-state index is 14.1. The quantitative estimate of drug-likeness (QED) is 0.190. The van der Waals surface area contributed by atoms with E-state index in [-0.39, 0.29) is 23.4 Å². The monoisotopic (exact) mass is 578 g/mol. The minimum Gasteiger partial charge on any atom is -0.493 e. The fraction of sp³-hybridized carbons (Fsp3) is 0.323. The number of aromatic nitrogens is 2. The number of ether oxygens (including phenoxy) is 2. The Morgan fingerprint density at radius 2 is 1.80 bits per heavy atom. The highest BCUT2D eigenvalue weighted by molar-refractivity contribution is 6.30. The molecule has 0 saturated carbocycles. The van der Waals surface area contributed by atoms with Crippen molar-refractivity contribution < 1.29 is 23.5 Å². The summed E-state index contributed by atoms with van der Waals surface area (Å²) in [6, 6.07) is 13.9. The van der Waals surface area contributed by atoms with Crippen molar-refractivity contribution in [3.63, 3.8) is 0 Å². The van der Waals surface area contributed by atoms with Crippen molar-refractivity contribution in [3.05, 3.63) is 76.1 Å². The molecule has 0 fully saturated rings. The number of methoxy groups -OCH3 is 2. The highest BCUT2D eigenvalue weighted by Crippen LogP contribution is 2.38. The number of rotatable bonds is 10. The van der Waals surface area contributed by atoms with Crippen LogP contribution < -0.4 is 14.8 Å². The van der Waals surface area contributed by atoms with Gasteiger partial charge in [0.15, 0.2) is 11.5 Å². The van der Waals surface area contributed by atoms with Crippen LogP contribution in [0, 0.1) is 5.82 Å². The number of imidazole rings is 1. The van der Waals surface area contributed by atoms with Crippen LogP contribution in [0.4, 0.5) is 4.39 Å². The van der Waals surface area contributed by atoms with Crippen molar-refractivity contribution in [2.75, 3.05) is 33.9 Å². The lowest BCUT2D eigenvalue weighted by Crippen LogP contribution is -2.52. The lowest BCUT2D eigenvalue weighted by molar-refractivity contribution is -0.134. The molecule has 0 unspecified atom stereocenters. The van der Waals surface area contributed by atoms with Crippen LogP contribution in [0.25, 0.3) is 22.4 Å². The van der Waals surface area contributed by atoms with E-state index in [9.17, 15) is 14.0 Å². The SMILES string of the molecule is COc1ccc(CCNCCCN2C(=O)c3c(ccc4[nH]c(-c5ccc(Cl)c(F)c5)nc34)C(C)(C)C2=O)cc1OC. The van der Waals surface area contributed by atoms with Gasteiger partial charge in [0.05, 0.1) is 35.7 Å². The Labute approximate surface area is 242 Å². The molecule has 0 aliphatic carbocycles. The summed E-state index contributed by atoms with van der Waals surface area (Å²) in [7, 11) is 3.22. The number of hydrogen-bond acceptors (Lipinski definition) is 6. The van der Waals surface area contributed by atoms with E-state index < -0.39 is 11.2 Å². The second kappa shape index (κ2) is 11.5. The Morgan fingerprint density at radius 1 is 1.02 bits per heavy atom. The Kier molecular flexibility index (Phi) is 8.02. The first-order chi connectivity index (χ1) is 19.6. The minimum atomic E-state index is -0.913. The average molecular weight is 579 g/mol. The topological polar surface area (TPSA) is 96.5 Å². The molecule has 1 aliphatic heterocycles. The van der Waals surface area contributed by atoms with E-state index in [0.717, 1.165) is 18.5 Å². The first kappa shape index (κ1) is 28.6. The largest absolute Gasteiger partial charge is 0.493 e. The van der Waals surface area contributed by atoms with Gasteiger partial charge < -0.3 is 19.8 Å². The van der Waals surface area contributed by atoms with E-state index in [4.69, 9.17) is 21.1 Å². The fourth-order valence-electron chi connectivity index (χ4n) is 5.23. The van der Waals surface area contributed by atoms with E-state index in [1.807, 2.05) is 32.0 Å². The average Bonchev–Trinajstić information content (AvgIpc) is 3.41. The van der Waals surface area contributed by atoms with Crippen LogP contribution in [0.1, 0.15) is 41.8 Å². The smallest absolute Gasteiger partial charge is 0.263 e. The van der Waals surface area contributed by atoms with Gasteiger partial charge in [0.25, 0.3) is 5.91 Å². The van der Waals surface area contributed by atoms with Crippen LogP contribution in [0.2, 0.25) is 5.02 Å². The molecule has 2 heterocycles. The third-order valence-corrected chi connectivity index (χ3v) is 7.84. The van der Waals surface area contributed by atoms with Crippen molar-refractivity contribution in [2.24, 2.45) is 0 Å². The number of carbonyl (C=O) groups excluding carboxylic acids is 2. The number of nitrogens with zero attached hydrogens (tertiary/aromatic N) is 2. The number of nitrogens with one attached hydrogen (secondary N) is 2. The van der Waals surface area contributed by atoms with Crippen LogP contribution in [0.5, 0.6) is 11.5 Å². The van der Waals surface area contributed by atoms with E-state index in [1.54, 1.807) is 32.4 Å². The van der Waals surface area contributed by atoms with E-state index in [1.165, 1.54) is 17.0 Å². The zero-order valence-corrected chi connectivity index (χ0v) is 24.2. The molecule has 41 heavy (non-hydrogen) atoms. The van der Waals surface area contributed by atoms with Gasteiger partial charge in [-0.15, -0.1) is 0 Å². The van der Waals surface area contributed by atoms with Crippen molar-refractivity contribution in [3.8, 4) is 22.9 Å². The van der Waals surface area contributed by atoms with Crippen LogP contribution in [0.3, 0.4) is 0 Å². The standard InChI is InChI=1S/C31H32ClFN4O4/c1-31(2)20-8-10-23-27(36-28(35-23)19-7-9-21(32)22(33)17-19)26(20)29(38)37(30(31)39)15-5-13-34-14-12-18-6-11-24(40-3)25(16-18)41-4/h6-11,16-17,34H,5,12-15H2,1-4H3,(H,35,36). The van der Waals surface area contributed by atoms with Gasteiger partial charge in [-0.25, -0.2) is 9.37 Å². The molecule has 0 saturated heterocycles. The number of amides is 2. The summed E-state index contributed by atoms with van der Waals surface area (Å²) < 4.78 is 24.8. The Balaban J connectivity index is 1.28. The minimum absolute atomic E-state index is 0.0174. The molecular formula is C31H32ClFN4O4. The highest BCUT2D eigenvalue weighted by Gasteiger charge is 2.45. The van der Waals surface area contributed by atoms with Crippen LogP contribution in [-0.2, 0) is 16.6 Å². The molecule has 214 valence electrons. The Hall–Kier alpha value is -3.95. The maximum atomic E-state index is 14.1. The molecule has 0 bridgehead atoms. The molecule has 2 N–H and O–H groups in total. The summed E-state index contributed by atoms with van der Waals surface area (Å²) in [5.41, 5.74) is 2.81. The molecule has 1 aliphatic rings. The summed E-state index contributed by atoms with van der Waals surface area (Å²) in [5, 5.41) is 3.41. The number of hydrogen-bond donors (Lipinski definition) is 2. The van der Waals surface area contributed by atoms with Crippen LogP contribution in [-0.4, -0.2) is 60.5 Å². The van der Waals surface area contributed by atoms with E-state index >= 15 is 0 Å². The van der Waals surface area contributed by atoms with Crippen molar-refractivity contribution >= 4 is 34.4 Å². The number of aromatic amines is 1. The number of fused-ring (bicyclic) bond motifs is 3. The Bertz CT molecular complexity index is 1630. The predicted octanol–water partition coefficient (Wildman–Crippen LogP) is 5.52. The second-order valence-corrected chi connectivity index (χ2v) is 10.9. The van der Waals surface area contributed by atoms with Gasteiger partial charge in [-0.2, -0.15) is 0 Å². The molecule has 0 spiro atoms. The number of halogens is 2. The first-order valence-corrected chi connectivity index (χ1v) is 13.8. The first-order valence-electron chi connectivity index (χ1n) is 13.4. The Morgan fingerprint density at radius 3 is 2.54 bits per heavy atom. The zero-order valence-electron chi connectivity index (χ0n) is 23.4. The summed E-state index contributed by atoms with van der Waals surface area (Å²) in [6.45, 7) is 5.29. The molecule has 3 aromatic carbocycles. The zero-order chi connectivity index (χ0) is 29.3. The molecule has 8 nitrogen and oxygen atoms in total. The van der Waals surface area contributed by atoms with Gasteiger partial charge in [0.1, 0.15) is 17.2 Å². The summed E-state index contributed by atoms with van der Waals surface area (Å²) in [6.07, 6.45) is 1.39.